The Hall–Kier alpha value is -4.25. The van der Waals surface area contributed by atoms with Crippen molar-refractivity contribution < 1.29 is 9.21 Å². The summed E-state index contributed by atoms with van der Waals surface area (Å²) < 4.78 is 6.00. The molecule has 0 atom stereocenters. The van der Waals surface area contributed by atoms with E-state index in [4.69, 9.17) is 9.68 Å². The zero-order chi connectivity index (χ0) is 21.4. The summed E-state index contributed by atoms with van der Waals surface area (Å²) in [6.07, 6.45) is 8.36. The molecule has 152 valence electrons. The molecule has 1 aromatic carbocycles. The molecule has 0 radical (unpaired) electrons. The van der Waals surface area contributed by atoms with Crippen LogP contribution in [-0.2, 0) is 4.79 Å². The molecule has 1 aliphatic rings. The van der Waals surface area contributed by atoms with E-state index >= 15 is 0 Å². The number of rotatable bonds is 5. The van der Waals surface area contributed by atoms with E-state index in [9.17, 15) is 4.79 Å². The maximum absolute atomic E-state index is 12.2. The fourth-order valence-electron chi connectivity index (χ4n) is 3.44. The van der Waals surface area contributed by atoms with Crippen LogP contribution < -0.4 is 10.6 Å². The molecule has 3 heterocycles. The number of nitriles is 1. The first-order valence-corrected chi connectivity index (χ1v) is 9.91. The number of nitrogens with zero attached hydrogens (tertiary/aromatic N) is 4. The Labute approximate surface area is 177 Å². The first-order chi connectivity index (χ1) is 15.2. The van der Waals surface area contributed by atoms with Crippen LogP contribution in [0.1, 0.15) is 18.4 Å². The summed E-state index contributed by atoms with van der Waals surface area (Å²) in [7, 11) is 1.79. The molecule has 8 heteroatoms. The van der Waals surface area contributed by atoms with Gasteiger partial charge in [0.25, 0.3) is 0 Å². The molecule has 31 heavy (non-hydrogen) atoms. The van der Waals surface area contributed by atoms with Crippen molar-refractivity contribution in [2.45, 2.75) is 12.8 Å². The van der Waals surface area contributed by atoms with Crippen LogP contribution in [0.3, 0.4) is 0 Å². The summed E-state index contributed by atoms with van der Waals surface area (Å²) in [5, 5.41) is 16.3. The monoisotopic (exact) mass is 410 g/mol. The molecule has 1 fully saturated rings. The van der Waals surface area contributed by atoms with E-state index in [1.165, 1.54) is 6.08 Å². The number of allylic oxidation sites excluding steroid dienone is 1. The van der Waals surface area contributed by atoms with Crippen LogP contribution in [-0.4, -0.2) is 27.9 Å². The van der Waals surface area contributed by atoms with Crippen LogP contribution in [0.2, 0.25) is 0 Å². The topological polar surface area (TPSA) is 117 Å². The van der Waals surface area contributed by atoms with E-state index in [1.54, 1.807) is 25.5 Å². The number of carbonyl (C=O) groups excluding carboxylic acids is 1. The Balaban J connectivity index is 1.61. The van der Waals surface area contributed by atoms with Gasteiger partial charge in [0.05, 0.1) is 11.6 Å². The molecule has 1 aliphatic carbocycles. The summed E-state index contributed by atoms with van der Waals surface area (Å²) in [4.78, 5) is 25.7. The molecule has 1 amide bonds. The first kappa shape index (κ1) is 18.8. The Morgan fingerprint density at radius 3 is 2.87 bits per heavy atom. The number of nitrogens with one attached hydrogen (secondary N) is 2. The first-order valence-electron chi connectivity index (χ1n) is 9.91. The third-order valence-electron chi connectivity index (χ3n) is 5.20. The van der Waals surface area contributed by atoms with Gasteiger partial charge >= 0.3 is 0 Å². The van der Waals surface area contributed by atoms with Crippen LogP contribution in [0.4, 0.5) is 11.6 Å². The zero-order valence-electron chi connectivity index (χ0n) is 16.7. The smallest absolute Gasteiger partial charge is 0.229 e. The van der Waals surface area contributed by atoms with Crippen molar-refractivity contribution in [3.63, 3.8) is 0 Å². The van der Waals surface area contributed by atoms with Gasteiger partial charge in [0.2, 0.25) is 11.8 Å². The lowest BCUT2D eigenvalue weighted by atomic mass is 10.1. The van der Waals surface area contributed by atoms with E-state index in [-0.39, 0.29) is 11.8 Å². The summed E-state index contributed by atoms with van der Waals surface area (Å²) in [6, 6.07) is 9.35. The number of anilines is 2. The Morgan fingerprint density at radius 2 is 2.10 bits per heavy atom. The van der Waals surface area contributed by atoms with Crippen molar-refractivity contribution >= 4 is 45.5 Å². The molecule has 0 spiro atoms. The van der Waals surface area contributed by atoms with E-state index < -0.39 is 0 Å². The number of hydrogen-bond acceptors (Lipinski definition) is 7. The third-order valence-corrected chi connectivity index (χ3v) is 5.20. The summed E-state index contributed by atoms with van der Waals surface area (Å²) in [5.74, 6) is 1.66. The van der Waals surface area contributed by atoms with Gasteiger partial charge in [-0.2, -0.15) is 5.26 Å². The van der Waals surface area contributed by atoms with E-state index in [0.29, 0.717) is 34.2 Å². The highest BCUT2D eigenvalue weighted by molar-refractivity contribution is 6.03. The predicted octanol–water partition coefficient (Wildman–Crippen LogP) is 4.36. The zero-order valence-corrected chi connectivity index (χ0v) is 16.7. The number of aromatic nitrogens is 3. The summed E-state index contributed by atoms with van der Waals surface area (Å²) in [6.45, 7) is 0. The fourth-order valence-corrected chi connectivity index (χ4v) is 3.44. The minimum absolute atomic E-state index is 0.00360. The second-order valence-electron chi connectivity index (χ2n) is 7.36. The number of fused-ring (bicyclic) bond motifs is 2. The molecule has 0 unspecified atom stereocenters. The largest absolute Gasteiger partial charge is 0.436 e. The standard InChI is InChI=1S/C23H18N6O2/c1-25-21-16-11-26-20(29-22(30)14-5-6-14)10-15(16)17(12-27-21)23-28-18-9-13(3-2-8-24)4-7-19(18)31-23/h2-4,7,9-12,14H,5-6H2,1H3,(H,25,27)(H,26,29,30)/b3-2+. The Bertz CT molecular complexity index is 1390. The van der Waals surface area contributed by atoms with E-state index in [1.807, 2.05) is 30.3 Å². The molecular formula is C23H18N6O2. The quantitative estimate of drug-likeness (QED) is 0.469. The second-order valence-corrected chi connectivity index (χ2v) is 7.36. The van der Waals surface area contributed by atoms with Gasteiger partial charge in [-0.05, 0) is 42.7 Å². The average molecular weight is 410 g/mol. The summed E-state index contributed by atoms with van der Waals surface area (Å²) in [5.41, 5.74) is 2.86. The summed E-state index contributed by atoms with van der Waals surface area (Å²) >= 11 is 0. The Morgan fingerprint density at radius 1 is 1.23 bits per heavy atom. The normalized spacial score (nSPS) is 13.5. The number of benzene rings is 1. The highest BCUT2D eigenvalue weighted by Crippen LogP contribution is 2.35. The number of hydrogen-bond donors (Lipinski definition) is 2. The molecule has 3 aromatic heterocycles. The second kappa shape index (κ2) is 7.54. The minimum atomic E-state index is -0.00360. The average Bonchev–Trinajstić information content (AvgIpc) is 3.56. The van der Waals surface area contributed by atoms with Crippen molar-refractivity contribution in [3.05, 3.63) is 48.3 Å². The van der Waals surface area contributed by atoms with Gasteiger partial charge in [0, 0.05) is 42.2 Å². The van der Waals surface area contributed by atoms with Crippen molar-refractivity contribution in [1.82, 2.24) is 15.0 Å². The molecule has 0 saturated heterocycles. The van der Waals surface area contributed by atoms with Crippen LogP contribution >= 0.6 is 0 Å². The van der Waals surface area contributed by atoms with Gasteiger partial charge in [0.15, 0.2) is 5.58 Å². The number of oxazole rings is 1. The lowest BCUT2D eigenvalue weighted by Gasteiger charge is -2.10. The van der Waals surface area contributed by atoms with E-state index in [2.05, 4.69) is 25.6 Å². The maximum atomic E-state index is 12.2. The van der Waals surface area contributed by atoms with Crippen LogP contribution in [0, 0.1) is 17.2 Å². The van der Waals surface area contributed by atoms with Gasteiger partial charge in [-0.15, -0.1) is 0 Å². The highest BCUT2D eigenvalue weighted by atomic mass is 16.3. The molecule has 2 N–H and O–H groups in total. The number of amides is 1. The molecule has 1 saturated carbocycles. The molecular weight excluding hydrogens is 392 g/mol. The molecule has 0 bridgehead atoms. The van der Waals surface area contributed by atoms with Gasteiger partial charge in [-0.1, -0.05) is 6.07 Å². The van der Waals surface area contributed by atoms with Crippen molar-refractivity contribution in [3.8, 4) is 17.5 Å². The molecule has 4 aromatic rings. The van der Waals surface area contributed by atoms with Crippen molar-refractivity contribution in [2.75, 3.05) is 17.7 Å². The predicted molar refractivity (Wildman–Crippen MR) is 118 cm³/mol. The van der Waals surface area contributed by atoms with E-state index in [0.717, 1.165) is 29.2 Å². The number of pyridine rings is 2. The van der Waals surface area contributed by atoms with Crippen molar-refractivity contribution in [2.24, 2.45) is 5.92 Å². The fraction of sp³-hybridized carbons (Fsp3) is 0.174. The Kier molecular flexibility index (Phi) is 4.56. The minimum Gasteiger partial charge on any atom is -0.436 e. The van der Waals surface area contributed by atoms with Gasteiger partial charge in [-0.3, -0.25) is 4.79 Å². The third kappa shape index (κ3) is 3.57. The molecule has 0 aliphatic heterocycles. The van der Waals surface area contributed by atoms with Crippen LogP contribution in [0.5, 0.6) is 0 Å². The van der Waals surface area contributed by atoms with Crippen molar-refractivity contribution in [1.29, 1.82) is 5.26 Å². The van der Waals surface area contributed by atoms with Gasteiger partial charge in [0.1, 0.15) is 17.2 Å². The van der Waals surface area contributed by atoms with Crippen LogP contribution in [0.25, 0.3) is 39.4 Å². The van der Waals surface area contributed by atoms with Gasteiger partial charge < -0.3 is 15.1 Å². The number of carbonyl (C=O) groups is 1. The lowest BCUT2D eigenvalue weighted by Crippen LogP contribution is -2.14. The SMILES string of the molecule is CNc1ncc(-c2nc3cc(/C=C/C#N)ccc3o2)c2cc(NC(=O)C3CC3)ncc12. The lowest BCUT2D eigenvalue weighted by molar-refractivity contribution is -0.117. The molecule has 8 nitrogen and oxygen atoms in total. The highest BCUT2D eigenvalue weighted by Gasteiger charge is 2.30. The van der Waals surface area contributed by atoms with Crippen LogP contribution in [0.15, 0.2) is 47.2 Å². The van der Waals surface area contributed by atoms with Gasteiger partial charge in [-0.25, -0.2) is 15.0 Å². The maximum Gasteiger partial charge on any atom is 0.229 e. The molecule has 5 rings (SSSR count).